The number of hydrogen-bond donors (Lipinski definition) is 1. The van der Waals surface area contributed by atoms with E-state index in [9.17, 15) is 23.2 Å². The highest BCUT2D eigenvalue weighted by molar-refractivity contribution is 5.84. The van der Waals surface area contributed by atoms with Gasteiger partial charge in [0.05, 0.1) is 19.6 Å². The maximum absolute atomic E-state index is 13.8. The largest absolute Gasteiger partial charge is 0.464 e. The SMILES string of the molecule is CCOC(=O)[C@H](CC(F)(F)C(=O)OCC)NC(=O)OC(C)(C)C. The van der Waals surface area contributed by atoms with Crippen LogP contribution in [-0.2, 0) is 23.8 Å². The molecule has 0 aromatic heterocycles. The van der Waals surface area contributed by atoms with Gasteiger partial charge in [-0.2, -0.15) is 8.78 Å². The van der Waals surface area contributed by atoms with Crippen LogP contribution in [-0.4, -0.2) is 48.8 Å². The maximum Gasteiger partial charge on any atom is 0.408 e. The number of alkyl carbamates (subject to hydrolysis) is 1. The topological polar surface area (TPSA) is 90.9 Å². The molecule has 0 saturated heterocycles. The molecule has 1 atom stereocenters. The van der Waals surface area contributed by atoms with Crippen molar-refractivity contribution in [2.45, 2.75) is 58.6 Å². The normalized spacial score (nSPS) is 13.0. The average Bonchev–Trinajstić information content (AvgIpc) is 2.35. The molecule has 0 rings (SSSR count). The smallest absolute Gasteiger partial charge is 0.408 e. The van der Waals surface area contributed by atoms with Gasteiger partial charge in [-0.3, -0.25) is 0 Å². The minimum Gasteiger partial charge on any atom is -0.464 e. The minimum atomic E-state index is -3.96. The molecule has 0 unspecified atom stereocenters. The van der Waals surface area contributed by atoms with Crippen LogP contribution in [0.5, 0.6) is 0 Å². The number of rotatable bonds is 7. The molecular weight excluding hydrogens is 316 g/mol. The van der Waals surface area contributed by atoms with Gasteiger partial charge in [0, 0.05) is 0 Å². The molecule has 0 aliphatic carbocycles. The predicted molar refractivity (Wildman–Crippen MR) is 76.0 cm³/mol. The van der Waals surface area contributed by atoms with E-state index in [-0.39, 0.29) is 13.2 Å². The number of amides is 1. The molecule has 0 radical (unpaired) electrons. The van der Waals surface area contributed by atoms with E-state index in [0.29, 0.717) is 0 Å². The monoisotopic (exact) mass is 339 g/mol. The lowest BCUT2D eigenvalue weighted by molar-refractivity contribution is -0.174. The van der Waals surface area contributed by atoms with Crippen molar-refractivity contribution in [1.29, 1.82) is 0 Å². The Bertz CT molecular complexity index is 433. The lowest BCUT2D eigenvalue weighted by Crippen LogP contribution is -2.48. The zero-order chi connectivity index (χ0) is 18.3. The van der Waals surface area contributed by atoms with Gasteiger partial charge in [-0.1, -0.05) is 0 Å². The Kier molecular flexibility index (Phi) is 7.91. The molecule has 9 heteroatoms. The van der Waals surface area contributed by atoms with Crippen molar-refractivity contribution in [1.82, 2.24) is 5.32 Å². The van der Waals surface area contributed by atoms with E-state index in [2.05, 4.69) is 9.47 Å². The number of carbonyl (C=O) groups excluding carboxylic acids is 3. The summed E-state index contributed by atoms with van der Waals surface area (Å²) in [6, 6.07) is -1.75. The number of nitrogens with one attached hydrogen (secondary N) is 1. The lowest BCUT2D eigenvalue weighted by atomic mass is 10.1. The van der Waals surface area contributed by atoms with Crippen LogP contribution < -0.4 is 5.32 Å². The summed E-state index contributed by atoms with van der Waals surface area (Å²) in [6.45, 7) is 7.24. The molecular formula is C14H23F2NO6. The Balaban J connectivity index is 5.05. The van der Waals surface area contributed by atoms with Crippen LogP contribution in [0.2, 0.25) is 0 Å². The number of ether oxygens (including phenoxy) is 3. The molecule has 1 amide bonds. The predicted octanol–water partition coefficient (Wildman–Crippen LogP) is 2.03. The van der Waals surface area contributed by atoms with E-state index >= 15 is 0 Å². The molecule has 0 aromatic carbocycles. The molecule has 0 spiro atoms. The van der Waals surface area contributed by atoms with Crippen molar-refractivity contribution in [2.24, 2.45) is 0 Å². The van der Waals surface area contributed by atoms with Gasteiger partial charge in [0.1, 0.15) is 11.6 Å². The van der Waals surface area contributed by atoms with Crippen LogP contribution in [0.3, 0.4) is 0 Å². The van der Waals surface area contributed by atoms with E-state index < -0.39 is 42.0 Å². The number of carbonyl (C=O) groups is 3. The van der Waals surface area contributed by atoms with Crippen LogP contribution in [0.25, 0.3) is 0 Å². The Morgan fingerprint density at radius 3 is 2.00 bits per heavy atom. The number of hydrogen-bond acceptors (Lipinski definition) is 6. The molecule has 134 valence electrons. The quantitative estimate of drug-likeness (QED) is 0.564. The molecule has 0 bridgehead atoms. The van der Waals surface area contributed by atoms with Crippen LogP contribution in [0.1, 0.15) is 41.0 Å². The zero-order valence-corrected chi connectivity index (χ0v) is 13.9. The van der Waals surface area contributed by atoms with Crippen LogP contribution in [0.4, 0.5) is 13.6 Å². The zero-order valence-electron chi connectivity index (χ0n) is 13.9. The van der Waals surface area contributed by atoms with Crippen molar-refractivity contribution in [3.63, 3.8) is 0 Å². The van der Waals surface area contributed by atoms with Gasteiger partial charge in [0.25, 0.3) is 0 Å². The van der Waals surface area contributed by atoms with Gasteiger partial charge >= 0.3 is 24.0 Å². The number of esters is 2. The van der Waals surface area contributed by atoms with Crippen molar-refractivity contribution in [3.05, 3.63) is 0 Å². The summed E-state index contributed by atoms with van der Waals surface area (Å²) in [5, 5.41) is 1.99. The third-order valence-electron chi connectivity index (χ3n) is 2.30. The van der Waals surface area contributed by atoms with Gasteiger partial charge in [0.15, 0.2) is 0 Å². The second-order valence-electron chi connectivity index (χ2n) is 5.58. The first-order valence-electron chi connectivity index (χ1n) is 7.14. The first-order valence-corrected chi connectivity index (χ1v) is 7.14. The molecule has 0 heterocycles. The van der Waals surface area contributed by atoms with Crippen molar-refractivity contribution in [3.8, 4) is 0 Å². The fourth-order valence-corrected chi connectivity index (χ4v) is 1.46. The fourth-order valence-electron chi connectivity index (χ4n) is 1.46. The summed E-state index contributed by atoms with van der Waals surface area (Å²) in [4.78, 5) is 34.6. The Hall–Kier alpha value is -1.93. The van der Waals surface area contributed by atoms with E-state index in [1.54, 1.807) is 20.8 Å². The molecule has 0 aromatic rings. The third kappa shape index (κ3) is 8.32. The Morgan fingerprint density at radius 2 is 1.57 bits per heavy atom. The molecule has 23 heavy (non-hydrogen) atoms. The number of alkyl halides is 2. The highest BCUT2D eigenvalue weighted by Crippen LogP contribution is 2.23. The lowest BCUT2D eigenvalue weighted by Gasteiger charge is -2.24. The Labute approximate surface area is 133 Å². The summed E-state index contributed by atoms with van der Waals surface area (Å²) in [6.07, 6.45) is -2.36. The second kappa shape index (κ2) is 8.64. The second-order valence-corrected chi connectivity index (χ2v) is 5.58. The average molecular weight is 339 g/mol. The molecule has 0 saturated carbocycles. The van der Waals surface area contributed by atoms with Gasteiger partial charge < -0.3 is 19.5 Å². The molecule has 0 fully saturated rings. The first-order chi connectivity index (χ1) is 10.4. The van der Waals surface area contributed by atoms with E-state index in [1.807, 2.05) is 5.32 Å². The van der Waals surface area contributed by atoms with Crippen LogP contribution in [0, 0.1) is 0 Å². The molecule has 0 aliphatic rings. The maximum atomic E-state index is 13.8. The third-order valence-corrected chi connectivity index (χ3v) is 2.30. The summed E-state index contributed by atoms with van der Waals surface area (Å²) in [7, 11) is 0. The highest BCUT2D eigenvalue weighted by atomic mass is 19.3. The van der Waals surface area contributed by atoms with Gasteiger partial charge in [0.2, 0.25) is 0 Å². The fraction of sp³-hybridized carbons (Fsp3) is 0.786. The van der Waals surface area contributed by atoms with Gasteiger partial charge in [-0.05, 0) is 34.6 Å². The molecule has 0 aliphatic heterocycles. The van der Waals surface area contributed by atoms with E-state index in [0.717, 1.165) is 0 Å². The minimum absolute atomic E-state index is 0.0731. The Morgan fingerprint density at radius 1 is 1.04 bits per heavy atom. The number of halogens is 2. The van der Waals surface area contributed by atoms with Crippen LogP contribution >= 0.6 is 0 Å². The standard InChI is InChI=1S/C14H23F2NO6/c1-6-21-10(18)9(17-12(20)23-13(3,4)5)8-14(15,16)11(19)22-7-2/h9H,6-8H2,1-5H3,(H,17,20)/t9-/m0/s1. The summed E-state index contributed by atoms with van der Waals surface area (Å²) >= 11 is 0. The summed E-state index contributed by atoms with van der Waals surface area (Å²) in [5.41, 5.74) is -0.882. The first kappa shape index (κ1) is 21.1. The van der Waals surface area contributed by atoms with E-state index in [4.69, 9.17) is 4.74 Å². The van der Waals surface area contributed by atoms with Gasteiger partial charge in [-0.15, -0.1) is 0 Å². The molecule has 7 nitrogen and oxygen atoms in total. The van der Waals surface area contributed by atoms with Gasteiger partial charge in [-0.25, -0.2) is 14.4 Å². The van der Waals surface area contributed by atoms with Crippen molar-refractivity contribution >= 4 is 18.0 Å². The van der Waals surface area contributed by atoms with Crippen LogP contribution in [0.15, 0.2) is 0 Å². The highest BCUT2D eigenvalue weighted by Gasteiger charge is 2.45. The molecule has 1 N–H and O–H groups in total. The van der Waals surface area contributed by atoms with Crippen molar-refractivity contribution < 1.29 is 37.4 Å². The summed E-state index contributed by atoms with van der Waals surface area (Å²) < 4.78 is 41.3. The van der Waals surface area contributed by atoms with E-state index in [1.165, 1.54) is 13.8 Å². The summed E-state index contributed by atoms with van der Waals surface area (Å²) in [5.74, 6) is -6.83. The van der Waals surface area contributed by atoms with Crippen molar-refractivity contribution in [2.75, 3.05) is 13.2 Å².